The monoisotopic (exact) mass is 298 g/mol. The van der Waals surface area contributed by atoms with Crippen molar-refractivity contribution in [2.75, 3.05) is 31.8 Å². The first-order valence-corrected chi connectivity index (χ1v) is 7.36. The first-order chi connectivity index (χ1) is 9.27. The van der Waals surface area contributed by atoms with Crippen molar-refractivity contribution in [3.05, 3.63) is 4.88 Å². The van der Waals surface area contributed by atoms with Crippen molar-refractivity contribution in [3.8, 4) is 0 Å². The number of nitrogen functional groups attached to an aromatic ring is 1. The average Bonchev–Trinajstić information content (AvgIpc) is 2.76. The lowest BCUT2D eigenvalue weighted by molar-refractivity contribution is -0.0942. The molecule has 2 atom stereocenters. The van der Waals surface area contributed by atoms with Crippen molar-refractivity contribution in [3.63, 3.8) is 0 Å². The highest BCUT2D eigenvalue weighted by molar-refractivity contribution is 7.18. The molecule has 1 heterocycles. The molecule has 1 aliphatic carbocycles. The molecule has 0 saturated heterocycles. The van der Waals surface area contributed by atoms with Gasteiger partial charge in [0.1, 0.15) is 10.7 Å². The number of nitrogens with zero attached hydrogens (tertiary/aromatic N) is 2. The number of nitrogens with one attached hydrogen (secondary N) is 1. The quantitative estimate of drug-likeness (QED) is 0.876. The van der Waals surface area contributed by atoms with Gasteiger partial charge in [0.25, 0.3) is 5.91 Å². The van der Waals surface area contributed by atoms with E-state index in [0.717, 1.165) is 11.6 Å². The normalized spacial score (nSPS) is 24.1. The fourth-order valence-electron chi connectivity index (χ4n) is 2.43. The third-order valence-electron chi connectivity index (χ3n) is 4.00. The number of nitrogens with two attached hydrogens (primary N) is 1. The van der Waals surface area contributed by atoms with Crippen LogP contribution in [0.15, 0.2) is 0 Å². The zero-order valence-corrected chi connectivity index (χ0v) is 13.4. The van der Waals surface area contributed by atoms with Crippen molar-refractivity contribution >= 4 is 28.2 Å². The van der Waals surface area contributed by atoms with Crippen molar-refractivity contribution in [1.82, 2.24) is 10.3 Å². The maximum Gasteiger partial charge on any atom is 0.265 e. The molecule has 0 radical (unpaired) electrons. The molecule has 0 aliphatic heterocycles. The van der Waals surface area contributed by atoms with E-state index in [-0.39, 0.29) is 29.3 Å². The minimum absolute atomic E-state index is 0.0613. The van der Waals surface area contributed by atoms with Crippen LogP contribution in [0.2, 0.25) is 0 Å². The molecule has 2 rings (SSSR count). The number of hydrogen-bond acceptors (Lipinski definition) is 6. The minimum Gasteiger partial charge on any atom is -0.382 e. The Hall–Kier alpha value is -1.34. The second-order valence-electron chi connectivity index (χ2n) is 5.91. The van der Waals surface area contributed by atoms with E-state index in [1.54, 1.807) is 7.11 Å². The molecule has 0 spiro atoms. The van der Waals surface area contributed by atoms with E-state index in [9.17, 15) is 4.79 Å². The van der Waals surface area contributed by atoms with Crippen LogP contribution in [0.3, 0.4) is 0 Å². The van der Waals surface area contributed by atoms with Crippen molar-refractivity contribution in [1.29, 1.82) is 0 Å². The Bertz CT molecular complexity index is 512. The molecule has 1 aliphatic rings. The number of rotatable bonds is 4. The molecule has 20 heavy (non-hydrogen) atoms. The molecular weight excluding hydrogens is 276 g/mol. The smallest absolute Gasteiger partial charge is 0.265 e. The molecular formula is C13H22N4O2S. The number of aromatic nitrogens is 1. The van der Waals surface area contributed by atoms with E-state index >= 15 is 0 Å². The Morgan fingerprint density at radius 1 is 1.55 bits per heavy atom. The van der Waals surface area contributed by atoms with E-state index in [4.69, 9.17) is 10.5 Å². The number of hydrogen-bond donors (Lipinski definition) is 2. The van der Waals surface area contributed by atoms with Crippen LogP contribution in [-0.2, 0) is 4.74 Å². The van der Waals surface area contributed by atoms with Gasteiger partial charge in [-0.2, -0.15) is 0 Å². The largest absolute Gasteiger partial charge is 0.382 e. The summed E-state index contributed by atoms with van der Waals surface area (Å²) in [6.45, 7) is 4.19. The number of ether oxygens (including phenoxy) is 1. The number of amides is 1. The Morgan fingerprint density at radius 2 is 2.20 bits per heavy atom. The van der Waals surface area contributed by atoms with Gasteiger partial charge in [0, 0.05) is 32.7 Å². The molecule has 6 nitrogen and oxygen atoms in total. The van der Waals surface area contributed by atoms with Gasteiger partial charge in [0.15, 0.2) is 5.13 Å². The van der Waals surface area contributed by atoms with Crippen LogP contribution in [0, 0.1) is 5.41 Å². The average molecular weight is 298 g/mol. The molecule has 0 bridgehead atoms. The van der Waals surface area contributed by atoms with Crippen LogP contribution < -0.4 is 16.0 Å². The lowest BCUT2D eigenvalue weighted by Gasteiger charge is -2.51. The highest BCUT2D eigenvalue weighted by atomic mass is 32.1. The maximum absolute atomic E-state index is 12.3. The maximum atomic E-state index is 12.3. The van der Waals surface area contributed by atoms with Gasteiger partial charge in [0.05, 0.1) is 6.10 Å². The van der Waals surface area contributed by atoms with E-state index in [2.05, 4.69) is 24.1 Å². The molecule has 1 saturated carbocycles. The molecule has 1 aromatic heterocycles. The Kier molecular flexibility index (Phi) is 3.93. The molecule has 0 aromatic carbocycles. The van der Waals surface area contributed by atoms with E-state index in [1.807, 2.05) is 19.0 Å². The summed E-state index contributed by atoms with van der Waals surface area (Å²) in [5, 5.41) is 3.77. The second-order valence-corrected chi connectivity index (χ2v) is 6.89. The number of thiazole rings is 1. The zero-order valence-electron chi connectivity index (χ0n) is 12.6. The first-order valence-electron chi connectivity index (χ1n) is 6.54. The molecule has 2 unspecified atom stereocenters. The van der Waals surface area contributed by atoms with Crippen LogP contribution in [0.1, 0.15) is 29.9 Å². The number of anilines is 2. The summed E-state index contributed by atoms with van der Waals surface area (Å²) in [6, 6.07) is 0.101. The predicted octanol–water partition coefficient (Wildman–Crippen LogP) is 1.33. The molecule has 1 aromatic rings. The lowest BCUT2D eigenvalue weighted by Crippen LogP contribution is -2.61. The van der Waals surface area contributed by atoms with Gasteiger partial charge in [-0.1, -0.05) is 25.2 Å². The fourth-order valence-corrected chi connectivity index (χ4v) is 3.24. The summed E-state index contributed by atoms with van der Waals surface area (Å²) >= 11 is 1.31. The Labute approximate surface area is 123 Å². The lowest BCUT2D eigenvalue weighted by atomic mass is 9.64. The number of carbonyl (C=O) groups excluding carboxylic acids is 1. The van der Waals surface area contributed by atoms with E-state index in [1.165, 1.54) is 11.3 Å². The first kappa shape index (κ1) is 15.1. The Morgan fingerprint density at radius 3 is 2.65 bits per heavy atom. The highest BCUT2D eigenvalue weighted by Crippen LogP contribution is 2.42. The number of methoxy groups -OCH3 is 1. The molecule has 7 heteroatoms. The third kappa shape index (κ3) is 2.47. The van der Waals surface area contributed by atoms with Gasteiger partial charge in [0.2, 0.25) is 0 Å². The minimum atomic E-state index is -0.152. The van der Waals surface area contributed by atoms with Crippen LogP contribution in [0.5, 0.6) is 0 Å². The van der Waals surface area contributed by atoms with Crippen molar-refractivity contribution in [2.45, 2.75) is 32.4 Å². The summed E-state index contributed by atoms with van der Waals surface area (Å²) in [6.07, 6.45) is 1.01. The summed E-state index contributed by atoms with van der Waals surface area (Å²) < 4.78 is 5.39. The van der Waals surface area contributed by atoms with Crippen LogP contribution in [0.4, 0.5) is 10.9 Å². The molecule has 112 valence electrons. The molecule has 1 amide bonds. The zero-order chi connectivity index (χ0) is 15.1. The second kappa shape index (κ2) is 5.21. The standard InChI is InChI=1S/C13H22N4O2S/c1-13(2)7(6-8(13)19-5)15-11(18)9-10(14)16-12(20-9)17(3)4/h7-8H,6,14H2,1-5H3,(H,15,18). The molecule has 1 fully saturated rings. The van der Waals surface area contributed by atoms with Crippen LogP contribution >= 0.6 is 11.3 Å². The topological polar surface area (TPSA) is 80.5 Å². The summed E-state index contributed by atoms with van der Waals surface area (Å²) in [5.41, 5.74) is 5.76. The highest BCUT2D eigenvalue weighted by Gasteiger charge is 2.49. The summed E-state index contributed by atoms with van der Waals surface area (Å²) in [4.78, 5) is 18.8. The Balaban J connectivity index is 2.07. The van der Waals surface area contributed by atoms with Gasteiger partial charge in [-0.05, 0) is 6.42 Å². The SMILES string of the molecule is COC1CC(NC(=O)c2sc(N(C)C)nc2N)C1(C)C. The summed E-state index contributed by atoms with van der Waals surface area (Å²) in [7, 11) is 5.45. The van der Waals surface area contributed by atoms with Crippen molar-refractivity contribution in [2.24, 2.45) is 5.41 Å². The van der Waals surface area contributed by atoms with E-state index < -0.39 is 0 Å². The van der Waals surface area contributed by atoms with Gasteiger partial charge < -0.3 is 20.7 Å². The van der Waals surface area contributed by atoms with Crippen molar-refractivity contribution < 1.29 is 9.53 Å². The predicted molar refractivity (Wildman–Crippen MR) is 81.3 cm³/mol. The van der Waals surface area contributed by atoms with Gasteiger partial charge in [-0.3, -0.25) is 4.79 Å². The van der Waals surface area contributed by atoms with Gasteiger partial charge in [-0.15, -0.1) is 0 Å². The third-order valence-corrected chi connectivity index (χ3v) is 5.24. The van der Waals surface area contributed by atoms with Crippen LogP contribution in [-0.4, -0.2) is 44.2 Å². The van der Waals surface area contributed by atoms with Gasteiger partial charge >= 0.3 is 0 Å². The molecule has 3 N–H and O–H groups in total. The van der Waals surface area contributed by atoms with Gasteiger partial charge in [-0.25, -0.2) is 4.98 Å². The number of carbonyl (C=O) groups is 1. The summed E-state index contributed by atoms with van der Waals surface area (Å²) in [5.74, 6) is 0.136. The van der Waals surface area contributed by atoms with E-state index in [0.29, 0.717) is 4.88 Å². The van der Waals surface area contributed by atoms with Crippen LogP contribution in [0.25, 0.3) is 0 Å². The fraction of sp³-hybridized carbons (Fsp3) is 0.692.